The number of benzene rings is 1. The van der Waals surface area contributed by atoms with E-state index in [0.29, 0.717) is 15.6 Å². The summed E-state index contributed by atoms with van der Waals surface area (Å²) >= 11 is 0. The Morgan fingerprint density at radius 2 is 2.08 bits per heavy atom. The van der Waals surface area contributed by atoms with E-state index in [-0.39, 0.29) is 23.4 Å². The first-order valence-electron chi connectivity index (χ1n) is 7.04. The number of para-hydroxylation sites is 1. The molecule has 0 unspecified atom stereocenters. The minimum absolute atomic E-state index is 0.167. The zero-order valence-corrected chi connectivity index (χ0v) is 12.6. The van der Waals surface area contributed by atoms with E-state index in [1.54, 1.807) is 24.3 Å². The lowest BCUT2D eigenvalue weighted by Gasteiger charge is -2.09. The van der Waals surface area contributed by atoms with Crippen LogP contribution in [0.2, 0.25) is 0 Å². The third-order valence-electron chi connectivity index (χ3n) is 3.45. The molecule has 0 spiro atoms. The molecule has 0 atom stereocenters. The molecule has 1 aromatic carbocycles. The van der Waals surface area contributed by atoms with Gasteiger partial charge in [0.25, 0.3) is 0 Å². The highest BCUT2D eigenvalue weighted by molar-refractivity contribution is 5.91. The molecular formula is C15H13F2N5O2. The Labute approximate surface area is 134 Å². The van der Waals surface area contributed by atoms with Crippen molar-refractivity contribution in [2.24, 2.45) is 0 Å². The second-order valence-electron chi connectivity index (χ2n) is 5.12. The summed E-state index contributed by atoms with van der Waals surface area (Å²) in [5, 5.41) is 10.5. The number of halogens is 2. The van der Waals surface area contributed by atoms with Crippen LogP contribution in [0.5, 0.6) is 0 Å². The Hall–Kier alpha value is -3.10. The molecule has 1 N–H and O–H groups in total. The summed E-state index contributed by atoms with van der Waals surface area (Å²) in [7, 11) is 0. The molecule has 2 heterocycles. The molecule has 0 aliphatic heterocycles. The molecule has 9 heteroatoms. The highest BCUT2D eigenvalue weighted by Gasteiger charge is 2.14. The number of amides is 1. The van der Waals surface area contributed by atoms with Crippen molar-refractivity contribution in [3.63, 3.8) is 0 Å². The van der Waals surface area contributed by atoms with Gasteiger partial charge in [-0.25, -0.2) is 4.68 Å². The van der Waals surface area contributed by atoms with Gasteiger partial charge in [-0.1, -0.05) is 12.1 Å². The first-order chi connectivity index (χ1) is 11.5. The first kappa shape index (κ1) is 15.8. The third kappa shape index (κ3) is 3.00. The topological polar surface area (TPSA) is 81.8 Å². The number of rotatable bonds is 4. The van der Waals surface area contributed by atoms with E-state index in [9.17, 15) is 18.4 Å². The van der Waals surface area contributed by atoms with E-state index < -0.39 is 12.5 Å². The number of aromatic nitrogens is 4. The summed E-state index contributed by atoms with van der Waals surface area (Å²) < 4.78 is 27.0. The fraction of sp³-hybridized carbons (Fsp3) is 0.200. The lowest BCUT2D eigenvalue weighted by atomic mass is 10.2. The number of hydrogen-bond donors (Lipinski definition) is 1. The predicted octanol–water partition coefficient (Wildman–Crippen LogP) is 1.94. The van der Waals surface area contributed by atoms with Gasteiger partial charge in [0.05, 0.1) is 29.3 Å². The molecule has 24 heavy (non-hydrogen) atoms. The van der Waals surface area contributed by atoms with Crippen LogP contribution in [0.3, 0.4) is 0 Å². The van der Waals surface area contributed by atoms with Crippen molar-refractivity contribution < 1.29 is 13.6 Å². The fourth-order valence-corrected chi connectivity index (χ4v) is 2.32. The van der Waals surface area contributed by atoms with Gasteiger partial charge in [0.2, 0.25) is 11.3 Å². The van der Waals surface area contributed by atoms with E-state index >= 15 is 0 Å². The SMILES string of the molecule is Cc1nn(C(F)F)cc1NC(=O)Cn1ncc(=O)c2ccccc21. The van der Waals surface area contributed by atoms with Crippen LogP contribution in [0.1, 0.15) is 12.2 Å². The maximum absolute atomic E-state index is 12.6. The molecule has 3 rings (SSSR count). The summed E-state index contributed by atoms with van der Waals surface area (Å²) in [6, 6.07) is 6.77. The number of anilines is 1. The summed E-state index contributed by atoms with van der Waals surface area (Å²) in [4.78, 5) is 23.9. The number of alkyl halides is 2. The Bertz CT molecular complexity index is 964. The number of fused-ring (bicyclic) bond motifs is 1. The summed E-state index contributed by atoms with van der Waals surface area (Å²) in [5.74, 6) is -0.465. The van der Waals surface area contributed by atoms with Gasteiger partial charge in [-0.2, -0.15) is 19.0 Å². The summed E-state index contributed by atoms with van der Waals surface area (Å²) in [6.07, 6.45) is 2.20. The normalized spacial score (nSPS) is 11.2. The van der Waals surface area contributed by atoms with Crippen molar-refractivity contribution in [2.45, 2.75) is 20.0 Å². The molecule has 3 aromatic rings. The van der Waals surface area contributed by atoms with Crippen LogP contribution < -0.4 is 10.7 Å². The lowest BCUT2D eigenvalue weighted by Crippen LogP contribution is -2.22. The number of carbonyl (C=O) groups excluding carboxylic acids is 1. The Balaban J connectivity index is 1.83. The van der Waals surface area contributed by atoms with Crippen molar-refractivity contribution in [3.8, 4) is 0 Å². The van der Waals surface area contributed by atoms with Crippen LogP contribution in [0.4, 0.5) is 14.5 Å². The van der Waals surface area contributed by atoms with Gasteiger partial charge >= 0.3 is 6.55 Å². The van der Waals surface area contributed by atoms with Crippen LogP contribution in [0.25, 0.3) is 10.9 Å². The summed E-state index contributed by atoms with van der Waals surface area (Å²) in [6.45, 7) is -1.43. The average Bonchev–Trinajstić information content (AvgIpc) is 2.91. The van der Waals surface area contributed by atoms with Gasteiger partial charge in [0.1, 0.15) is 6.54 Å². The van der Waals surface area contributed by atoms with Crippen LogP contribution in [0.15, 0.2) is 41.5 Å². The maximum atomic E-state index is 12.6. The smallest absolute Gasteiger partial charge is 0.322 e. The Kier molecular flexibility index (Phi) is 4.07. The average molecular weight is 333 g/mol. The zero-order valence-electron chi connectivity index (χ0n) is 12.6. The van der Waals surface area contributed by atoms with Gasteiger partial charge in [0, 0.05) is 5.39 Å². The minimum Gasteiger partial charge on any atom is -0.322 e. The maximum Gasteiger partial charge on any atom is 0.333 e. The van der Waals surface area contributed by atoms with Crippen molar-refractivity contribution in [3.05, 3.63) is 52.6 Å². The molecule has 0 bridgehead atoms. The second-order valence-corrected chi connectivity index (χ2v) is 5.12. The number of nitrogens with zero attached hydrogens (tertiary/aromatic N) is 4. The van der Waals surface area contributed by atoms with Crippen molar-refractivity contribution in [1.29, 1.82) is 0 Å². The zero-order chi connectivity index (χ0) is 17.3. The highest BCUT2D eigenvalue weighted by Crippen LogP contribution is 2.17. The standard InChI is InChI=1S/C15H13F2N5O2/c1-9-11(7-22(20-9)15(16)17)19-14(24)8-21-12-5-3-2-4-10(12)13(23)6-18-21/h2-7,15H,8H2,1H3,(H,19,24). The molecule has 0 aliphatic carbocycles. The van der Waals surface area contributed by atoms with Crippen LogP contribution in [-0.4, -0.2) is 25.5 Å². The molecule has 0 saturated heterocycles. The van der Waals surface area contributed by atoms with Gasteiger partial charge in [0.15, 0.2) is 0 Å². The Morgan fingerprint density at radius 3 is 2.79 bits per heavy atom. The molecule has 1 amide bonds. The summed E-state index contributed by atoms with van der Waals surface area (Å²) in [5.41, 5.74) is 0.753. The van der Waals surface area contributed by atoms with Gasteiger partial charge in [-0.15, -0.1) is 0 Å². The molecule has 0 radical (unpaired) electrons. The molecular weight excluding hydrogens is 320 g/mol. The molecule has 124 valence electrons. The van der Waals surface area contributed by atoms with Crippen LogP contribution >= 0.6 is 0 Å². The molecule has 2 aromatic heterocycles. The van der Waals surface area contributed by atoms with Crippen molar-refractivity contribution >= 4 is 22.5 Å². The van der Waals surface area contributed by atoms with E-state index in [2.05, 4.69) is 15.5 Å². The number of nitrogens with one attached hydrogen (secondary N) is 1. The van der Waals surface area contributed by atoms with Gasteiger partial charge < -0.3 is 5.32 Å². The van der Waals surface area contributed by atoms with Gasteiger partial charge in [-0.05, 0) is 19.1 Å². The minimum atomic E-state index is -2.78. The number of aryl methyl sites for hydroxylation is 1. The fourth-order valence-electron chi connectivity index (χ4n) is 2.32. The third-order valence-corrected chi connectivity index (χ3v) is 3.45. The Morgan fingerprint density at radius 1 is 1.33 bits per heavy atom. The quantitative estimate of drug-likeness (QED) is 0.791. The molecule has 0 aliphatic rings. The monoisotopic (exact) mass is 333 g/mol. The van der Waals surface area contributed by atoms with E-state index in [1.165, 1.54) is 11.6 Å². The largest absolute Gasteiger partial charge is 0.333 e. The van der Waals surface area contributed by atoms with Crippen LogP contribution in [0, 0.1) is 6.92 Å². The van der Waals surface area contributed by atoms with Crippen LogP contribution in [-0.2, 0) is 11.3 Å². The number of carbonyl (C=O) groups is 1. The second kappa shape index (κ2) is 6.19. The molecule has 0 fully saturated rings. The van der Waals surface area contributed by atoms with E-state index in [0.717, 1.165) is 12.4 Å². The molecule has 7 nitrogen and oxygen atoms in total. The van der Waals surface area contributed by atoms with Crippen molar-refractivity contribution in [2.75, 3.05) is 5.32 Å². The van der Waals surface area contributed by atoms with Gasteiger partial charge in [-0.3, -0.25) is 14.3 Å². The molecule has 0 saturated carbocycles. The van der Waals surface area contributed by atoms with Crippen molar-refractivity contribution in [1.82, 2.24) is 19.6 Å². The number of hydrogen-bond acceptors (Lipinski definition) is 4. The van der Waals surface area contributed by atoms with E-state index in [4.69, 9.17) is 0 Å². The van der Waals surface area contributed by atoms with E-state index in [1.807, 2.05) is 0 Å². The first-order valence-corrected chi connectivity index (χ1v) is 7.04. The predicted molar refractivity (Wildman–Crippen MR) is 82.8 cm³/mol. The highest BCUT2D eigenvalue weighted by atomic mass is 19.3. The lowest BCUT2D eigenvalue weighted by molar-refractivity contribution is -0.116.